The molecular weight excluding hydrogens is 256 g/mol. The second-order valence-electron chi connectivity index (χ2n) is 3.36. The van der Waals surface area contributed by atoms with Crippen LogP contribution in [0.1, 0.15) is 0 Å². The predicted octanol–water partition coefficient (Wildman–Crippen LogP) is 2.94. The Morgan fingerprint density at radius 3 is 2.06 bits per heavy atom. The second-order valence-corrected chi connectivity index (χ2v) is 3.75. The van der Waals surface area contributed by atoms with E-state index >= 15 is 0 Å². The molecule has 0 saturated heterocycles. The molecule has 0 bridgehead atoms. The van der Waals surface area contributed by atoms with Crippen molar-refractivity contribution >= 4 is 11.6 Å². The molecule has 0 unspecified atom stereocenters. The van der Waals surface area contributed by atoms with Gasteiger partial charge in [-0.1, -0.05) is 11.6 Å². The minimum Gasteiger partial charge on any atom is -0.496 e. The molecule has 1 heterocycles. The van der Waals surface area contributed by atoms with E-state index in [-0.39, 0.29) is 5.15 Å². The van der Waals surface area contributed by atoms with Crippen LogP contribution >= 0.6 is 11.6 Å². The molecule has 2 rings (SSSR count). The first kappa shape index (κ1) is 12.4. The van der Waals surface area contributed by atoms with Crippen LogP contribution < -0.4 is 14.2 Å². The summed E-state index contributed by atoms with van der Waals surface area (Å²) in [6, 6.07) is 6.79. The van der Waals surface area contributed by atoms with Gasteiger partial charge in [0.1, 0.15) is 17.2 Å². The summed E-state index contributed by atoms with van der Waals surface area (Å²) in [6.45, 7) is 0. The van der Waals surface area contributed by atoms with Crippen LogP contribution in [0.3, 0.4) is 0 Å². The molecular formula is C12H11ClN2O3. The van der Waals surface area contributed by atoms with E-state index in [1.165, 1.54) is 6.20 Å². The maximum absolute atomic E-state index is 5.73. The summed E-state index contributed by atoms with van der Waals surface area (Å²) < 4.78 is 15.9. The van der Waals surface area contributed by atoms with Crippen LogP contribution in [-0.2, 0) is 0 Å². The van der Waals surface area contributed by atoms with Crippen molar-refractivity contribution in [3.05, 3.63) is 35.6 Å². The third-order valence-electron chi connectivity index (χ3n) is 2.16. The SMILES string of the molecule is COc1cc(OC)cc(Oc2cnnc(Cl)c2)c1. The van der Waals surface area contributed by atoms with E-state index in [1.807, 2.05) is 0 Å². The van der Waals surface area contributed by atoms with Gasteiger partial charge in [0.05, 0.1) is 20.4 Å². The number of nitrogens with zero attached hydrogens (tertiary/aromatic N) is 2. The van der Waals surface area contributed by atoms with E-state index in [0.717, 1.165) is 0 Å². The van der Waals surface area contributed by atoms with Crippen LogP contribution in [0.4, 0.5) is 0 Å². The van der Waals surface area contributed by atoms with Crippen molar-refractivity contribution in [3.63, 3.8) is 0 Å². The van der Waals surface area contributed by atoms with Crippen LogP contribution in [0.2, 0.25) is 5.15 Å². The largest absolute Gasteiger partial charge is 0.496 e. The number of rotatable bonds is 4. The van der Waals surface area contributed by atoms with Gasteiger partial charge in [-0.2, -0.15) is 5.10 Å². The van der Waals surface area contributed by atoms with Gasteiger partial charge in [0.15, 0.2) is 10.9 Å². The molecule has 0 aliphatic rings. The molecule has 0 fully saturated rings. The van der Waals surface area contributed by atoms with Crippen molar-refractivity contribution in [2.45, 2.75) is 0 Å². The van der Waals surface area contributed by atoms with E-state index in [2.05, 4.69) is 10.2 Å². The van der Waals surface area contributed by atoms with Gasteiger partial charge in [-0.15, -0.1) is 5.10 Å². The lowest BCUT2D eigenvalue weighted by molar-refractivity contribution is 0.386. The number of hydrogen-bond donors (Lipinski definition) is 0. The molecule has 0 aliphatic heterocycles. The quantitative estimate of drug-likeness (QED) is 0.852. The zero-order valence-corrected chi connectivity index (χ0v) is 10.6. The average molecular weight is 267 g/mol. The van der Waals surface area contributed by atoms with Gasteiger partial charge in [0.25, 0.3) is 0 Å². The van der Waals surface area contributed by atoms with Gasteiger partial charge >= 0.3 is 0 Å². The molecule has 6 heteroatoms. The Kier molecular flexibility index (Phi) is 3.84. The standard InChI is InChI=1S/C12H11ClN2O3/c1-16-8-3-9(17-2)5-10(4-8)18-11-6-12(13)15-14-7-11/h3-7H,1-2H3. The molecule has 1 aromatic heterocycles. The van der Waals surface area contributed by atoms with Crippen molar-refractivity contribution in [2.75, 3.05) is 14.2 Å². The topological polar surface area (TPSA) is 53.5 Å². The Morgan fingerprint density at radius 2 is 1.50 bits per heavy atom. The van der Waals surface area contributed by atoms with Crippen molar-refractivity contribution in [3.8, 4) is 23.0 Å². The lowest BCUT2D eigenvalue weighted by atomic mass is 10.3. The van der Waals surface area contributed by atoms with E-state index in [0.29, 0.717) is 23.0 Å². The van der Waals surface area contributed by atoms with Gasteiger partial charge in [-0.25, -0.2) is 0 Å². The van der Waals surface area contributed by atoms with Gasteiger partial charge in [-0.05, 0) is 0 Å². The van der Waals surface area contributed by atoms with Crippen LogP contribution in [-0.4, -0.2) is 24.4 Å². The smallest absolute Gasteiger partial charge is 0.155 e. The normalized spacial score (nSPS) is 9.94. The number of benzene rings is 1. The summed E-state index contributed by atoms with van der Waals surface area (Å²) in [6.07, 6.45) is 1.47. The molecule has 0 spiro atoms. The summed E-state index contributed by atoms with van der Waals surface area (Å²) in [4.78, 5) is 0. The van der Waals surface area contributed by atoms with Crippen LogP contribution in [0.15, 0.2) is 30.5 Å². The Hall–Kier alpha value is -2.01. The van der Waals surface area contributed by atoms with Gasteiger partial charge < -0.3 is 14.2 Å². The molecule has 0 amide bonds. The highest BCUT2D eigenvalue weighted by Crippen LogP contribution is 2.30. The van der Waals surface area contributed by atoms with Gasteiger partial charge in [0.2, 0.25) is 0 Å². The zero-order valence-electron chi connectivity index (χ0n) is 9.88. The number of hydrogen-bond acceptors (Lipinski definition) is 5. The number of methoxy groups -OCH3 is 2. The number of ether oxygens (including phenoxy) is 3. The maximum Gasteiger partial charge on any atom is 0.155 e. The monoisotopic (exact) mass is 266 g/mol. The first-order chi connectivity index (χ1) is 8.71. The van der Waals surface area contributed by atoms with Crippen molar-refractivity contribution in [2.24, 2.45) is 0 Å². The van der Waals surface area contributed by atoms with Crippen LogP contribution in [0, 0.1) is 0 Å². The molecule has 18 heavy (non-hydrogen) atoms. The molecule has 0 N–H and O–H groups in total. The molecule has 1 aromatic carbocycles. The maximum atomic E-state index is 5.73. The van der Waals surface area contributed by atoms with Crippen molar-refractivity contribution in [1.82, 2.24) is 10.2 Å². The van der Waals surface area contributed by atoms with E-state index in [4.69, 9.17) is 25.8 Å². The third-order valence-corrected chi connectivity index (χ3v) is 2.34. The van der Waals surface area contributed by atoms with Gasteiger partial charge in [-0.3, -0.25) is 0 Å². The van der Waals surface area contributed by atoms with E-state index in [1.54, 1.807) is 38.5 Å². The Bertz CT molecular complexity index is 526. The Balaban J connectivity index is 2.28. The first-order valence-corrected chi connectivity index (χ1v) is 5.48. The van der Waals surface area contributed by atoms with Crippen molar-refractivity contribution in [1.29, 1.82) is 0 Å². The summed E-state index contributed by atoms with van der Waals surface area (Å²) in [7, 11) is 3.15. The number of halogens is 1. The summed E-state index contributed by atoms with van der Waals surface area (Å²) in [5.41, 5.74) is 0. The molecule has 0 aliphatic carbocycles. The highest BCUT2D eigenvalue weighted by atomic mass is 35.5. The summed E-state index contributed by atoms with van der Waals surface area (Å²) in [5, 5.41) is 7.60. The van der Waals surface area contributed by atoms with Gasteiger partial charge in [0, 0.05) is 24.3 Å². The lowest BCUT2D eigenvalue weighted by Crippen LogP contribution is -1.91. The second kappa shape index (κ2) is 5.55. The average Bonchev–Trinajstić information content (AvgIpc) is 2.38. The third kappa shape index (κ3) is 3.01. The highest BCUT2D eigenvalue weighted by Gasteiger charge is 2.05. The fourth-order valence-electron chi connectivity index (χ4n) is 1.36. The lowest BCUT2D eigenvalue weighted by Gasteiger charge is -2.09. The molecule has 0 radical (unpaired) electrons. The van der Waals surface area contributed by atoms with E-state index in [9.17, 15) is 0 Å². The first-order valence-electron chi connectivity index (χ1n) is 5.10. The van der Waals surface area contributed by atoms with Crippen molar-refractivity contribution < 1.29 is 14.2 Å². The van der Waals surface area contributed by atoms with Crippen LogP contribution in [0.25, 0.3) is 0 Å². The molecule has 94 valence electrons. The molecule has 5 nitrogen and oxygen atoms in total. The Labute approximate surface area is 109 Å². The van der Waals surface area contributed by atoms with Crippen LogP contribution in [0.5, 0.6) is 23.0 Å². The minimum atomic E-state index is 0.266. The molecule has 2 aromatic rings. The molecule has 0 saturated carbocycles. The highest BCUT2D eigenvalue weighted by molar-refractivity contribution is 6.29. The minimum absolute atomic E-state index is 0.266. The summed E-state index contributed by atoms with van der Waals surface area (Å²) in [5.74, 6) is 2.33. The van der Waals surface area contributed by atoms with E-state index < -0.39 is 0 Å². The zero-order chi connectivity index (χ0) is 13.0. The Morgan fingerprint density at radius 1 is 0.889 bits per heavy atom. The summed E-state index contributed by atoms with van der Waals surface area (Å²) >= 11 is 5.73. The fraction of sp³-hybridized carbons (Fsp3) is 0.167. The number of aromatic nitrogens is 2. The fourth-order valence-corrected chi connectivity index (χ4v) is 1.51. The molecule has 0 atom stereocenters. The predicted molar refractivity (Wildman–Crippen MR) is 66.7 cm³/mol.